The van der Waals surface area contributed by atoms with Crippen molar-refractivity contribution in [1.29, 1.82) is 0 Å². The number of amides is 2. The van der Waals surface area contributed by atoms with Gasteiger partial charge in [0.05, 0.1) is 12.8 Å². The Morgan fingerprint density at radius 3 is 2.51 bits per heavy atom. The molecule has 0 bridgehead atoms. The largest absolute Gasteiger partial charge is 0.495 e. The Morgan fingerprint density at radius 1 is 1.21 bits per heavy atom. The smallest absolute Gasteiger partial charge is 0.251 e. The van der Waals surface area contributed by atoms with E-state index in [0.717, 1.165) is 51.6 Å². The summed E-state index contributed by atoms with van der Waals surface area (Å²) in [7, 11) is 5.40. The Hall–Kier alpha value is -3.53. The first-order valence-corrected chi connectivity index (χ1v) is 14.0. The Labute approximate surface area is 231 Å². The molecule has 39 heavy (non-hydrogen) atoms. The first kappa shape index (κ1) is 28.5. The number of anilines is 1. The maximum Gasteiger partial charge on any atom is 0.251 e. The second kappa shape index (κ2) is 12.5. The average molecular weight is 538 g/mol. The van der Waals surface area contributed by atoms with E-state index in [-0.39, 0.29) is 29.9 Å². The number of piperidine rings is 1. The van der Waals surface area contributed by atoms with Crippen LogP contribution in [0.1, 0.15) is 62.2 Å². The second-order valence-corrected chi connectivity index (χ2v) is 10.7. The van der Waals surface area contributed by atoms with Crippen molar-refractivity contribution in [3.63, 3.8) is 0 Å². The molecule has 10 nitrogen and oxygen atoms in total. The van der Waals surface area contributed by atoms with Crippen molar-refractivity contribution >= 4 is 23.3 Å². The summed E-state index contributed by atoms with van der Waals surface area (Å²) in [6, 6.07) is 5.40. The lowest BCUT2D eigenvalue weighted by atomic mass is 10.0. The third-order valence-electron chi connectivity index (χ3n) is 8.09. The number of amidine groups is 1. The quantitative estimate of drug-likeness (QED) is 0.467. The molecule has 0 spiro atoms. The van der Waals surface area contributed by atoms with Gasteiger partial charge < -0.3 is 35.8 Å². The van der Waals surface area contributed by atoms with Crippen LogP contribution in [0.5, 0.6) is 5.75 Å². The van der Waals surface area contributed by atoms with Crippen molar-refractivity contribution in [2.24, 2.45) is 10.7 Å². The third kappa shape index (κ3) is 6.21. The van der Waals surface area contributed by atoms with Crippen molar-refractivity contribution in [3.05, 3.63) is 48.1 Å². The highest BCUT2D eigenvalue weighted by atomic mass is 16.5. The zero-order valence-electron chi connectivity index (χ0n) is 23.7. The van der Waals surface area contributed by atoms with Crippen LogP contribution in [0.2, 0.25) is 0 Å². The van der Waals surface area contributed by atoms with Gasteiger partial charge in [0, 0.05) is 30.9 Å². The Morgan fingerprint density at radius 2 is 1.90 bits per heavy atom. The summed E-state index contributed by atoms with van der Waals surface area (Å²) >= 11 is 0. The van der Waals surface area contributed by atoms with Gasteiger partial charge in [0.15, 0.2) is 5.84 Å². The van der Waals surface area contributed by atoms with Crippen molar-refractivity contribution < 1.29 is 14.3 Å². The summed E-state index contributed by atoms with van der Waals surface area (Å²) in [4.78, 5) is 37.0. The van der Waals surface area contributed by atoms with Gasteiger partial charge in [-0.3, -0.25) is 9.59 Å². The van der Waals surface area contributed by atoms with Gasteiger partial charge in [0.25, 0.3) is 5.91 Å². The van der Waals surface area contributed by atoms with E-state index in [0.29, 0.717) is 40.8 Å². The maximum atomic E-state index is 13.2. The van der Waals surface area contributed by atoms with Crippen LogP contribution in [0.3, 0.4) is 0 Å². The van der Waals surface area contributed by atoms with Gasteiger partial charge >= 0.3 is 0 Å². The lowest BCUT2D eigenvalue weighted by Crippen LogP contribution is -2.60. The summed E-state index contributed by atoms with van der Waals surface area (Å²) in [5.41, 5.74) is 7.75. The minimum absolute atomic E-state index is 0.0226. The molecule has 0 unspecified atom stereocenters. The number of likely N-dealkylation sites (tertiary alicyclic amines) is 1. The molecule has 3 aliphatic rings. The summed E-state index contributed by atoms with van der Waals surface area (Å²) in [6.45, 7) is 8.13. The summed E-state index contributed by atoms with van der Waals surface area (Å²) in [5, 5.41) is 6.38. The highest BCUT2D eigenvalue weighted by molar-refractivity contribution is 6.08. The molecule has 2 aliphatic heterocycles. The number of carbonyl (C=O) groups excluding carboxylic acids is 2. The van der Waals surface area contributed by atoms with E-state index >= 15 is 0 Å². The number of aliphatic imine (C=N–C) groups is 1. The number of piperazine rings is 1. The van der Waals surface area contributed by atoms with E-state index in [1.807, 2.05) is 6.92 Å². The molecule has 2 saturated heterocycles. The van der Waals surface area contributed by atoms with Gasteiger partial charge in [-0.25, -0.2) is 4.99 Å². The molecule has 4 N–H and O–H groups in total. The SMILES string of the molecule is C=C(/N=C1\C(=C/N)N(C)C(=O)[C@@H](CC)N1C1CCCC1)Nc1ccc(C(=O)NC2CCN(C)CC2)cc1OC. The highest BCUT2D eigenvalue weighted by Crippen LogP contribution is 2.33. The topological polar surface area (TPSA) is 116 Å². The predicted molar refractivity (Wildman–Crippen MR) is 154 cm³/mol. The van der Waals surface area contributed by atoms with Crippen LogP contribution in [-0.2, 0) is 4.79 Å². The molecule has 10 heteroatoms. The van der Waals surface area contributed by atoms with Gasteiger partial charge in [0.2, 0.25) is 5.91 Å². The molecule has 1 atom stereocenters. The molecule has 0 aromatic heterocycles. The van der Waals surface area contributed by atoms with Gasteiger partial charge in [0.1, 0.15) is 23.3 Å². The average Bonchev–Trinajstić information content (AvgIpc) is 3.46. The molecule has 1 saturated carbocycles. The van der Waals surface area contributed by atoms with E-state index in [9.17, 15) is 9.59 Å². The molecular weight excluding hydrogens is 494 g/mol. The Kier molecular flexibility index (Phi) is 9.16. The molecule has 2 amide bonds. The standard InChI is InChI=1S/C29H43N7O3/c1-6-24-29(38)35(4)25(18-30)27(36(24)22-9-7-8-10-22)32-19(2)31-23-12-11-20(17-26(23)39-5)28(37)33-21-13-15-34(3)16-14-21/h11-12,17-18,21-22,24,31H,2,6-10,13-16,30H2,1,3-5H3,(H,33,37)/b25-18+,32-27+/t24-/m1/s1. The predicted octanol–water partition coefficient (Wildman–Crippen LogP) is 3.10. The third-order valence-corrected chi connectivity index (χ3v) is 8.09. The van der Waals surface area contributed by atoms with Gasteiger partial charge in [-0.2, -0.15) is 0 Å². The molecule has 3 fully saturated rings. The Bertz CT molecular complexity index is 1130. The van der Waals surface area contributed by atoms with E-state index in [1.165, 1.54) is 6.20 Å². The molecule has 1 aromatic rings. The summed E-state index contributed by atoms with van der Waals surface area (Å²) < 4.78 is 5.61. The molecule has 1 aliphatic carbocycles. The van der Waals surface area contributed by atoms with E-state index < -0.39 is 0 Å². The van der Waals surface area contributed by atoms with Crippen LogP contribution in [-0.4, -0.2) is 84.8 Å². The second-order valence-electron chi connectivity index (χ2n) is 10.7. The number of hydrogen-bond acceptors (Lipinski definition) is 7. The molecule has 4 rings (SSSR count). The van der Waals surface area contributed by atoms with Crippen molar-refractivity contribution in [1.82, 2.24) is 20.0 Å². The summed E-state index contributed by atoms with van der Waals surface area (Å²) in [6.07, 6.45) is 8.28. The van der Waals surface area contributed by atoms with E-state index in [2.05, 4.69) is 34.1 Å². The number of ether oxygens (including phenoxy) is 1. The molecular formula is C29H43N7O3. The van der Waals surface area contributed by atoms with Crippen LogP contribution >= 0.6 is 0 Å². The fourth-order valence-electron chi connectivity index (χ4n) is 5.84. The van der Waals surface area contributed by atoms with Crippen molar-refractivity contribution in [3.8, 4) is 5.75 Å². The number of carbonyl (C=O) groups is 2. The zero-order valence-corrected chi connectivity index (χ0v) is 23.7. The van der Waals surface area contributed by atoms with E-state index in [1.54, 1.807) is 37.3 Å². The first-order valence-electron chi connectivity index (χ1n) is 14.0. The number of nitrogens with one attached hydrogen (secondary N) is 2. The van der Waals surface area contributed by atoms with Gasteiger partial charge in [-0.15, -0.1) is 0 Å². The fraction of sp³-hybridized carbons (Fsp3) is 0.552. The van der Waals surface area contributed by atoms with Crippen molar-refractivity contribution in [2.45, 2.75) is 70.0 Å². The lowest BCUT2D eigenvalue weighted by Gasteiger charge is -2.45. The number of rotatable bonds is 8. The van der Waals surface area contributed by atoms with Crippen LogP contribution in [0.25, 0.3) is 0 Å². The van der Waals surface area contributed by atoms with Crippen LogP contribution < -0.4 is 21.1 Å². The van der Waals surface area contributed by atoms with E-state index in [4.69, 9.17) is 15.5 Å². The molecule has 1 aromatic carbocycles. The monoisotopic (exact) mass is 537 g/mol. The number of likely N-dealkylation sites (N-methyl/N-ethyl adjacent to an activating group) is 1. The normalized spacial score (nSPS) is 23.5. The number of hydrogen-bond donors (Lipinski definition) is 3. The number of nitrogens with zero attached hydrogens (tertiary/aromatic N) is 4. The van der Waals surface area contributed by atoms with Crippen LogP contribution in [0.15, 0.2) is 47.5 Å². The fourth-order valence-corrected chi connectivity index (χ4v) is 5.84. The first-order chi connectivity index (χ1) is 18.8. The minimum atomic E-state index is -0.301. The van der Waals surface area contributed by atoms with Crippen molar-refractivity contribution in [2.75, 3.05) is 39.6 Å². The molecule has 0 radical (unpaired) electrons. The maximum absolute atomic E-state index is 13.2. The van der Waals surface area contributed by atoms with Crippen LogP contribution in [0.4, 0.5) is 5.69 Å². The molecule has 212 valence electrons. The highest BCUT2D eigenvalue weighted by Gasteiger charge is 2.42. The number of methoxy groups -OCH3 is 1. The zero-order chi connectivity index (χ0) is 28.1. The molecule has 2 heterocycles. The number of benzene rings is 1. The minimum Gasteiger partial charge on any atom is -0.495 e. The summed E-state index contributed by atoms with van der Waals surface area (Å²) in [5.74, 6) is 1.45. The van der Waals surface area contributed by atoms with Crippen LogP contribution in [0, 0.1) is 0 Å². The Balaban J connectivity index is 1.54. The lowest BCUT2D eigenvalue weighted by molar-refractivity contribution is -0.134. The van der Waals surface area contributed by atoms with Gasteiger partial charge in [-0.05, 0) is 70.4 Å². The van der Waals surface area contributed by atoms with Gasteiger partial charge in [-0.1, -0.05) is 26.3 Å². The number of nitrogens with two attached hydrogens (primary N) is 1.